The van der Waals surface area contributed by atoms with Crippen LogP contribution in [0.4, 0.5) is 17.1 Å². The number of rotatable bonds is 4. The van der Waals surface area contributed by atoms with Crippen LogP contribution in [0.15, 0.2) is 164 Å². The van der Waals surface area contributed by atoms with Crippen LogP contribution in [0.1, 0.15) is 25.0 Å². The molecular weight excluding hydrogens is 555 g/mol. The Labute approximate surface area is 270 Å². The Morgan fingerprint density at radius 2 is 1.02 bits per heavy atom. The molecule has 1 heteroatoms. The number of fused-ring (bicyclic) bond motifs is 8. The van der Waals surface area contributed by atoms with E-state index in [1.807, 2.05) is 0 Å². The first kappa shape index (κ1) is 26.7. The number of hydrogen-bond donors (Lipinski definition) is 0. The zero-order valence-corrected chi connectivity index (χ0v) is 26.0. The van der Waals surface area contributed by atoms with Gasteiger partial charge in [0.25, 0.3) is 0 Å². The Kier molecular flexibility index (Phi) is 5.92. The molecule has 218 valence electrons. The number of anilines is 3. The van der Waals surface area contributed by atoms with Crippen LogP contribution in [0.25, 0.3) is 54.6 Å². The van der Waals surface area contributed by atoms with Gasteiger partial charge in [-0.1, -0.05) is 153 Å². The van der Waals surface area contributed by atoms with E-state index in [1.54, 1.807) is 0 Å². The third-order valence-corrected chi connectivity index (χ3v) is 10.0. The number of hydrogen-bond acceptors (Lipinski definition) is 1. The Hall–Kier alpha value is -5.66. The van der Waals surface area contributed by atoms with Gasteiger partial charge in [0, 0.05) is 22.1 Å². The molecule has 46 heavy (non-hydrogen) atoms. The molecule has 0 N–H and O–H groups in total. The first-order valence-corrected chi connectivity index (χ1v) is 16.1. The minimum Gasteiger partial charge on any atom is -0.309 e. The van der Waals surface area contributed by atoms with Gasteiger partial charge >= 0.3 is 0 Å². The largest absolute Gasteiger partial charge is 0.309 e. The second-order valence-electron chi connectivity index (χ2n) is 12.9. The van der Waals surface area contributed by atoms with Crippen LogP contribution in [0.3, 0.4) is 0 Å². The predicted octanol–water partition coefficient (Wildman–Crippen LogP) is 12.6. The highest BCUT2D eigenvalue weighted by Crippen LogP contribution is 2.52. The van der Waals surface area contributed by atoms with E-state index in [9.17, 15) is 0 Å². The van der Waals surface area contributed by atoms with Gasteiger partial charge in [-0.3, -0.25) is 0 Å². The monoisotopic (exact) mass is 587 g/mol. The molecule has 0 saturated heterocycles. The Morgan fingerprint density at radius 3 is 1.87 bits per heavy atom. The molecule has 1 aliphatic carbocycles. The van der Waals surface area contributed by atoms with Crippen molar-refractivity contribution in [3.05, 3.63) is 175 Å². The maximum Gasteiger partial charge on any atom is 0.0546 e. The molecule has 0 aliphatic heterocycles. The van der Waals surface area contributed by atoms with E-state index in [4.69, 9.17) is 0 Å². The number of nitrogens with zero attached hydrogens (tertiary/aromatic N) is 1. The van der Waals surface area contributed by atoms with Crippen molar-refractivity contribution in [2.24, 2.45) is 0 Å². The molecule has 0 unspecified atom stereocenters. The molecule has 0 aromatic heterocycles. The quantitative estimate of drug-likeness (QED) is 0.185. The second-order valence-corrected chi connectivity index (χ2v) is 12.9. The van der Waals surface area contributed by atoms with Gasteiger partial charge in [-0.25, -0.2) is 0 Å². The van der Waals surface area contributed by atoms with Crippen molar-refractivity contribution >= 4 is 49.4 Å². The standard InChI is InChI=1S/C45H33N/c1-45(2)41-22-12-10-20-37(41)38-27-25-32(28-42(38)45)46(43-23-13-11-18-34(43)30-14-4-3-5-15-30)44-29-40-33-17-7-6-16-31(33)24-26-36(40)35-19-8-9-21-39(35)44/h3-29H,1-2H3. The van der Waals surface area contributed by atoms with Crippen LogP contribution in [0.5, 0.6) is 0 Å². The summed E-state index contributed by atoms with van der Waals surface area (Å²) in [5, 5.41) is 7.56. The van der Waals surface area contributed by atoms with Gasteiger partial charge in [-0.2, -0.15) is 0 Å². The molecule has 9 rings (SSSR count). The van der Waals surface area contributed by atoms with Crippen LogP contribution >= 0.6 is 0 Å². The maximum atomic E-state index is 2.51. The lowest BCUT2D eigenvalue weighted by atomic mass is 9.82. The average Bonchev–Trinajstić information content (AvgIpc) is 3.34. The van der Waals surface area contributed by atoms with Crippen molar-refractivity contribution in [3.8, 4) is 22.3 Å². The normalized spacial score (nSPS) is 13.2. The smallest absolute Gasteiger partial charge is 0.0546 e. The van der Waals surface area contributed by atoms with E-state index in [2.05, 4.69) is 183 Å². The van der Waals surface area contributed by atoms with Gasteiger partial charge in [0.2, 0.25) is 0 Å². The molecule has 0 fully saturated rings. The van der Waals surface area contributed by atoms with E-state index >= 15 is 0 Å². The van der Waals surface area contributed by atoms with Crippen LogP contribution in [-0.2, 0) is 5.41 Å². The molecule has 0 radical (unpaired) electrons. The third-order valence-electron chi connectivity index (χ3n) is 10.0. The Morgan fingerprint density at radius 1 is 0.391 bits per heavy atom. The lowest BCUT2D eigenvalue weighted by Gasteiger charge is -2.31. The van der Waals surface area contributed by atoms with Gasteiger partial charge in [0.15, 0.2) is 0 Å². The summed E-state index contributed by atoms with van der Waals surface area (Å²) in [6, 6.07) is 60.2. The van der Waals surface area contributed by atoms with E-state index in [0.717, 1.165) is 11.4 Å². The topological polar surface area (TPSA) is 3.24 Å². The third kappa shape index (κ3) is 3.95. The molecule has 0 saturated carbocycles. The highest BCUT2D eigenvalue weighted by atomic mass is 15.1. The summed E-state index contributed by atoms with van der Waals surface area (Å²) >= 11 is 0. The Balaban J connectivity index is 1.39. The fourth-order valence-electron chi connectivity index (χ4n) is 7.80. The lowest BCUT2D eigenvalue weighted by molar-refractivity contribution is 0.660. The summed E-state index contributed by atoms with van der Waals surface area (Å²) in [4.78, 5) is 2.51. The second kappa shape index (κ2) is 10.2. The van der Waals surface area contributed by atoms with Crippen molar-refractivity contribution in [2.45, 2.75) is 19.3 Å². The molecule has 1 aliphatic rings. The van der Waals surface area contributed by atoms with Crippen molar-refractivity contribution in [1.29, 1.82) is 0 Å². The van der Waals surface area contributed by atoms with Crippen molar-refractivity contribution in [1.82, 2.24) is 0 Å². The van der Waals surface area contributed by atoms with Gasteiger partial charge in [0.05, 0.1) is 11.4 Å². The molecule has 8 aromatic carbocycles. The summed E-state index contributed by atoms with van der Waals surface area (Å²) in [6.07, 6.45) is 0. The predicted molar refractivity (Wildman–Crippen MR) is 197 cm³/mol. The Bertz CT molecular complexity index is 2450. The summed E-state index contributed by atoms with van der Waals surface area (Å²) in [7, 11) is 0. The maximum absolute atomic E-state index is 2.51. The van der Waals surface area contributed by atoms with Crippen molar-refractivity contribution in [3.63, 3.8) is 0 Å². The number of benzene rings is 8. The first-order chi connectivity index (χ1) is 22.6. The van der Waals surface area contributed by atoms with Crippen molar-refractivity contribution < 1.29 is 0 Å². The fraction of sp³-hybridized carbons (Fsp3) is 0.0667. The molecular formula is C45H33N. The highest BCUT2D eigenvalue weighted by molar-refractivity contribution is 6.21. The number of para-hydroxylation sites is 1. The van der Waals surface area contributed by atoms with E-state index in [1.165, 1.54) is 71.4 Å². The van der Waals surface area contributed by atoms with E-state index in [-0.39, 0.29) is 5.41 Å². The van der Waals surface area contributed by atoms with E-state index in [0.29, 0.717) is 0 Å². The van der Waals surface area contributed by atoms with Gasteiger partial charge in [-0.05, 0) is 79.0 Å². The molecule has 1 nitrogen and oxygen atoms in total. The molecule has 0 heterocycles. The van der Waals surface area contributed by atoms with Crippen LogP contribution in [-0.4, -0.2) is 0 Å². The van der Waals surface area contributed by atoms with Gasteiger partial charge < -0.3 is 4.90 Å². The molecule has 0 spiro atoms. The average molecular weight is 588 g/mol. The first-order valence-electron chi connectivity index (χ1n) is 16.1. The highest BCUT2D eigenvalue weighted by Gasteiger charge is 2.36. The lowest BCUT2D eigenvalue weighted by Crippen LogP contribution is -2.17. The van der Waals surface area contributed by atoms with Gasteiger partial charge in [-0.15, -0.1) is 0 Å². The van der Waals surface area contributed by atoms with Crippen LogP contribution in [0.2, 0.25) is 0 Å². The summed E-state index contributed by atoms with van der Waals surface area (Å²) in [5.41, 5.74) is 11.2. The van der Waals surface area contributed by atoms with Gasteiger partial charge in [0.1, 0.15) is 0 Å². The molecule has 0 amide bonds. The van der Waals surface area contributed by atoms with Crippen molar-refractivity contribution in [2.75, 3.05) is 4.90 Å². The molecule has 0 atom stereocenters. The zero-order chi connectivity index (χ0) is 30.8. The zero-order valence-electron chi connectivity index (χ0n) is 26.0. The molecule has 0 bridgehead atoms. The fourth-order valence-corrected chi connectivity index (χ4v) is 7.80. The minimum atomic E-state index is -0.103. The summed E-state index contributed by atoms with van der Waals surface area (Å²) < 4.78 is 0. The van der Waals surface area contributed by atoms with Crippen LogP contribution in [0, 0.1) is 0 Å². The summed E-state index contributed by atoms with van der Waals surface area (Å²) in [5.74, 6) is 0. The SMILES string of the molecule is CC1(C)c2ccccc2-c2ccc(N(c3ccccc3-c3ccccc3)c3cc4c5ccccc5ccc4c4ccccc34)cc21. The van der Waals surface area contributed by atoms with Crippen LogP contribution < -0.4 is 4.90 Å². The molecule has 8 aromatic rings. The minimum absolute atomic E-state index is 0.103. The van der Waals surface area contributed by atoms with E-state index < -0.39 is 0 Å². The summed E-state index contributed by atoms with van der Waals surface area (Å²) in [6.45, 7) is 4.72.